The van der Waals surface area contributed by atoms with Crippen molar-refractivity contribution in [1.29, 1.82) is 0 Å². The Labute approximate surface area is 186 Å². The lowest BCUT2D eigenvalue weighted by molar-refractivity contribution is -0.148. The number of carbonyl (C=O) groups excluding carboxylic acids is 2. The van der Waals surface area contributed by atoms with Crippen LogP contribution < -0.4 is 5.32 Å². The van der Waals surface area contributed by atoms with Gasteiger partial charge in [-0.2, -0.15) is 10.1 Å². The number of hydrogen-bond acceptors (Lipinski definition) is 6. The molecular formula is C22H26ClN5O3. The van der Waals surface area contributed by atoms with Gasteiger partial charge in [0.1, 0.15) is 6.33 Å². The summed E-state index contributed by atoms with van der Waals surface area (Å²) in [5.74, 6) is -0.0573. The monoisotopic (exact) mass is 443 g/mol. The lowest BCUT2D eigenvalue weighted by Gasteiger charge is -2.20. The average Bonchev–Trinajstić information content (AvgIpc) is 3.15. The van der Waals surface area contributed by atoms with E-state index in [4.69, 9.17) is 16.3 Å². The number of halogens is 1. The Bertz CT molecular complexity index is 1100. The standard InChI is InChI=1S/C22H26ClN5O3/c1-13(2)31-21(30)11-19(17-7-5-6-8-18(17)23)27-20(29)10-9-16-14(3)26-22-24-12-25-28(22)15(16)4/h5-8,12-13,19H,9-11H2,1-4H3,(H,27,29)/t19-/m1/s1. The second kappa shape index (κ2) is 9.87. The Hall–Kier alpha value is -3.00. The molecule has 0 unspecified atom stereocenters. The number of carbonyl (C=O) groups is 2. The second-order valence-corrected chi connectivity index (χ2v) is 8.02. The fourth-order valence-electron chi connectivity index (χ4n) is 3.50. The van der Waals surface area contributed by atoms with E-state index in [1.54, 1.807) is 36.6 Å². The summed E-state index contributed by atoms with van der Waals surface area (Å²) in [6.07, 6.45) is 1.93. The van der Waals surface area contributed by atoms with Crippen molar-refractivity contribution in [3.63, 3.8) is 0 Å². The summed E-state index contributed by atoms with van der Waals surface area (Å²) in [6, 6.07) is 6.57. The van der Waals surface area contributed by atoms with Crippen molar-refractivity contribution >= 4 is 29.3 Å². The van der Waals surface area contributed by atoms with E-state index in [2.05, 4.69) is 20.4 Å². The summed E-state index contributed by atoms with van der Waals surface area (Å²) in [7, 11) is 0. The molecule has 164 valence electrons. The fraction of sp³-hybridized carbons (Fsp3) is 0.409. The van der Waals surface area contributed by atoms with E-state index in [-0.39, 0.29) is 24.9 Å². The van der Waals surface area contributed by atoms with Crippen LogP contribution in [0.3, 0.4) is 0 Å². The lowest BCUT2D eigenvalue weighted by Crippen LogP contribution is -2.31. The van der Waals surface area contributed by atoms with Gasteiger partial charge in [-0.3, -0.25) is 9.59 Å². The Balaban J connectivity index is 1.73. The van der Waals surface area contributed by atoms with E-state index < -0.39 is 12.0 Å². The lowest BCUT2D eigenvalue weighted by atomic mass is 10.0. The van der Waals surface area contributed by atoms with Crippen molar-refractivity contribution in [2.75, 3.05) is 0 Å². The van der Waals surface area contributed by atoms with Gasteiger partial charge in [0.2, 0.25) is 5.91 Å². The normalized spacial score (nSPS) is 12.2. The minimum Gasteiger partial charge on any atom is -0.463 e. The van der Waals surface area contributed by atoms with Crippen LogP contribution in [-0.2, 0) is 20.7 Å². The number of benzene rings is 1. The van der Waals surface area contributed by atoms with E-state index in [0.29, 0.717) is 22.8 Å². The Morgan fingerprint density at radius 2 is 1.97 bits per heavy atom. The van der Waals surface area contributed by atoms with Gasteiger partial charge in [0, 0.05) is 22.8 Å². The van der Waals surface area contributed by atoms with Crippen molar-refractivity contribution in [3.8, 4) is 0 Å². The van der Waals surface area contributed by atoms with E-state index in [1.807, 2.05) is 19.9 Å². The van der Waals surface area contributed by atoms with Crippen LogP contribution in [0.1, 0.15) is 55.2 Å². The van der Waals surface area contributed by atoms with Gasteiger partial charge < -0.3 is 10.1 Å². The second-order valence-electron chi connectivity index (χ2n) is 7.62. The van der Waals surface area contributed by atoms with Crippen molar-refractivity contribution < 1.29 is 14.3 Å². The molecule has 3 aromatic rings. The maximum atomic E-state index is 12.8. The smallest absolute Gasteiger partial charge is 0.308 e. The Kier molecular flexibility index (Phi) is 7.22. The summed E-state index contributed by atoms with van der Waals surface area (Å²) >= 11 is 6.32. The zero-order valence-electron chi connectivity index (χ0n) is 18.1. The number of hydrogen-bond donors (Lipinski definition) is 1. The van der Waals surface area contributed by atoms with E-state index in [0.717, 1.165) is 17.0 Å². The van der Waals surface area contributed by atoms with Gasteiger partial charge in [0.05, 0.1) is 18.6 Å². The number of amides is 1. The molecule has 8 nitrogen and oxygen atoms in total. The molecule has 0 saturated carbocycles. The maximum absolute atomic E-state index is 12.8. The average molecular weight is 444 g/mol. The van der Waals surface area contributed by atoms with Crippen LogP contribution in [0.15, 0.2) is 30.6 Å². The van der Waals surface area contributed by atoms with Crippen LogP contribution >= 0.6 is 11.6 Å². The molecule has 9 heteroatoms. The van der Waals surface area contributed by atoms with E-state index >= 15 is 0 Å². The third-order valence-electron chi connectivity index (χ3n) is 4.94. The zero-order chi connectivity index (χ0) is 22.5. The molecule has 0 radical (unpaired) electrons. The molecular weight excluding hydrogens is 418 g/mol. The number of nitrogens with zero attached hydrogens (tertiary/aromatic N) is 4. The summed E-state index contributed by atoms with van der Waals surface area (Å²) in [4.78, 5) is 33.6. The number of aryl methyl sites for hydroxylation is 2. The first-order valence-corrected chi connectivity index (χ1v) is 10.5. The van der Waals surface area contributed by atoms with E-state index in [9.17, 15) is 9.59 Å². The molecule has 2 heterocycles. The third-order valence-corrected chi connectivity index (χ3v) is 5.29. The van der Waals surface area contributed by atoms with Gasteiger partial charge in [-0.1, -0.05) is 29.8 Å². The van der Waals surface area contributed by atoms with Crippen molar-refractivity contribution in [3.05, 3.63) is 58.1 Å². The summed E-state index contributed by atoms with van der Waals surface area (Å²) < 4.78 is 6.92. The third kappa shape index (κ3) is 5.58. The van der Waals surface area contributed by atoms with Crippen molar-refractivity contribution in [2.24, 2.45) is 0 Å². The highest BCUT2D eigenvalue weighted by Crippen LogP contribution is 2.26. The van der Waals surface area contributed by atoms with Crippen LogP contribution in [0, 0.1) is 13.8 Å². The number of rotatable bonds is 8. The van der Waals surface area contributed by atoms with Gasteiger partial charge in [-0.15, -0.1) is 0 Å². The number of aromatic nitrogens is 4. The number of nitrogens with one attached hydrogen (secondary N) is 1. The molecule has 3 rings (SSSR count). The maximum Gasteiger partial charge on any atom is 0.308 e. The Morgan fingerprint density at radius 3 is 2.68 bits per heavy atom. The highest BCUT2D eigenvalue weighted by atomic mass is 35.5. The summed E-state index contributed by atoms with van der Waals surface area (Å²) in [5, 5.41) is 7.60. The molecule has 1 amide bonds. The van der Waals surface area contributed by atoms with E-state index in [1.165, 1.54) is 6.33 Å². The largest absolute Gasteiger partial charge is 0.463 e. The quantitative estimate of drug-likeness (QED) is 0.535. The van der Waals surface area contributed by atoms with Gasteiger partial charge in [-0.05, 0) is 51.3 Å². The predicted octanol–water partition coefficient (Wildman–Crippen LogP) is 3.53. The van der Waals surface area contributed by atoms with Crippen LogP contribution in [-0.4, -0.2) is 37.6 Å². The molecule has 1 N–H and O–H groups in total. The van der Waals surface area contributed by atoms with Crippen LogP contribution in [0.4, 0.5) is 0 Å². The van der Waals surface area contributed by atoms with Crippen molar-refractivity contribution in [2.45, 2.75) is 59.1 Å². The molecule has 0 aliphatic carbocycles. The first-order chi connectivity index (χ1) is 14.8. The Morgan fingerprint density at radius 1 is 1.23 bits per heavy atom. The molecule has 31 heavy (non-hydrogen) atoms. The molecule has 0 aliphatic rings. The van der Waals surface area contributed by atoms with Gasteiger partial charge >= 0.3 is 5.97 Å². The molecule has 0 spiro atoms. The predicted molar refractivity (Wildman–Crippen MR) is 117 cm³/mol. The summed E-state index contributed by atoms with van der Waals surface area (Å²) in [6.45, 7) is 7.39. The summed E-state index contributed by atoms with van der Waals surface area (Å²) in [5.41, 5.74) is 3.34. The number of fused-ring (bicyclic) bond motifs is 1. The topological polar surface area (TPSA) is 98.5 Å². The van der Waals surface area contributed by atoms with Crippen LogP contribution in [0.2, 0.25) is 5.02 Å². The van der Waals surface area contributed by atoms with Gasteiger partial charge in [0.15, 0.2) is 0 Å². The van der Waals surface area contributed by atoms with Crippen LogP contribution in [0.25, 0.3) is 5.78 Å². The van der Waals surface area contributed by atoms with Gasteiger partial charge in [-0.25, -0.2) is 9.50 Å². The molecule has 2 aromatic heterocycles. The van der Waals surface area contributed by atoms with Gasteiger partial charge in [0.25, 0.3) is 5.78 Å². The number of ether oxygens (including phenoxy) is 1. The molecule has 0 saturated heterocycles. The molecule has 1 atom stereocenters. The minimum absolute atomic E-state index is 0.00181. The SMILES string of the molecule is Cc1nc2ncnn2c(C)c1CCC(=O)N[C@H](CC(=O)OC(C)C)c1ccccc1Cl. The van der Waals surface area contributed by atoms with Crippen molar-refractivity contribution in [1.82, 2.24) is 24.9 Å². The fourth-order valence-corrected chi connectivity index (χ4v) is 3.76. The molecule has 0 aliphatic heterocycles. The zero-order valence-corrected chi connectivity index (χ0v) is 18.8. The first kappa shape index (κ1) is 22.7. The number of esters is 1. The highest BCUT2D eigenvalue weighted by molar-refractivity contribution is 6.31. The molecule has 0 fully saturated rings. The van der Waals surface area contributed by atoms with Crippen LogP contribution in [0.5, 0.6) is 0 Å². The highest BCUT2D eigenvalue weighted by Gasteiger charge is 2.22. The molecule has 1 aromatic carbocycles. The molecule has 0 bridgehead atoms. The minimum atomic E-state index is -0.578. The first-order valence-electron chi connectivity index (χ1n) is 10.1.